The Bertz CT molecular complexity index is 588. The highest BCUT2D eigenvalue weighted by Crippen LogP contribution is 2.34. The number of hydrogen-bond acceptors (Lipinski definition) is 5. The Balaban J connectivity index is 2.52. The van der Waals surface area contributed by atoms with Gasteiger partial charge in [0.15, 0.2) is 11.5 Å². The largest absolute Gasteiger partial charge is 0.508 e. The van der Waals surface area contributed by atoms with Crippen LogP contribution >= 0.6 is 0 Å². The van der Waals surface area contributed by atoms with Gasteiger partial charge in [-0.05, 0) is 24.6 Å². The van der Waals surface area contributed by atoms with Crippen molar-refractivity contribution in [3.05, 3.63) is 29.5 Å². The van der Waals surface area contributed by atoms with E-state index in [4.69, 9.17) is 9.63 Å². The number of phenols is 2. The first-order valence-electron chi connectivity index (χ1n) is 4.72. The summed E-state index contributed by atoms with van der Waals surface area (Å²) in [6, 6.07) is 3.82. The van der Waals surface area contributed by atoms with E-state index >= 15 is 0 Å². The molecular weight excluding hydrogens is 226 g/mol. The first kappa shape index (κ1) is 11.0. The van der Waals surface area contributed by atoms with E-state index < -0.39 is 5.97 Å². The zero-order chi connectivity index (χ0) is 12.6. The van der Waals surface area contributed by atoms with Gasteiger partial charge in [0.05, 0.1) is 5.56 Å². The van der Waals surface area contributed by atoms with Crippen LogP contribution in [-0.2, 0) is 0 Å². The lowest BCUT2D eigenvalue weighted by molar-refractivity contribution is 0.0686. The number of aromatic hydroxyl groups is 2. The molecule has 6 heteroatoms. The van der Waals surface area contributed by atoms with Crippen LogP contribution in [0.4, 0.5) is 0 Å². The normalized spacial score (nSPS) is 10.4. The van der Waals surface area contributed by atoms with Gasteiger partial charge in [-0.1, -0.05) is 5.16 Å². The molecular formula is C11H9NO5. The van der Waals surface area contributed by atoms with Gasteiger partial charge in [-0.3, -0.25) is 0 Å². The number of carboxylic acid groups (broad SMARTS) is 1. The van der Waals surface area contributed by atoms with Crippen LogP contribution in [0.2, 0.25) is 0 Å². The maximum atomic E-state index is 10.6. The molecule has 17 heavy (non-hydrogen) atoms. The van der Waals surface area contributed by atoms with Gasteiger partial charge in [-0.25, -0.2) is 4.79 Å². The molecule has 0 aliphatic heterocycles. The minimum absolute atomic E-state index is 0.0222. The molecule has 0 bridgehead atoms. The van der Waals surface area contributed by atoms with Gasteiger partial charge in [-0.15, -0.1) is 0 Å². The van der Waals surface area contributed by atoms with Crippen LogP contribution in [0.3, 0.4) is 0 Å². The highest BCUT2D eigenvalue weighted by Gasteiger charge is 2.16. The van der Waals surface area contributed by atoms with Crippen molar-refractivity contribution in [2.75, 3.05) is 0 Å². The number of nitrogens with zero attached hydrogens (tertiary/aromatic N) is 1. The number of phenolic OH excluding ortho intramolecular Hbond substituents is 2. The number of carboxylic acids is 1. The summed E-state index contributed by atoms with van der Waals surface area (Å²) in [4.78, 5) is 10.6. The molecule has 0 saturated carbocycles. The number of rotatable bonds is 2. The van der Waals surface area contributed by atoms with Gasteiger partial charge in [0.2, 0.25) is 0 Å². The molecule has 0 aliphatic rings. The Kier molecular flexibility index (Phi) is 2.47. The van der Waals surface area contributed by atoms with E-state index in [0.717, 1.165) is 0 Å². The lowest BCUT2D eigenvalue weighted by atomic mass is 10.1. The fourth-order valence-electron chi connectivity index (χ4n) is 1.38. The van der Waals surface area contributed by atoms with Gasteiger partial charge in [-0.2, -0.15) is 0 Å². The summed E-state index contributed by atoms with van der Waals surface area (Å²) in [5.74, 6) is -1.29. The van der Waals surface area contributed by atoms with Crippen LogP contribution in [0.5, 0.6) is 11.5 Å². The zero-order valence-electron chi connectivity index (χ0n) is 8.84. The Labute approximate surface area is 95.7 Å². The molecule has 0 atom stereocenters. The Morgan fingerprint density at radius 2 is 1.94 bits per heavy atom. The van der Waals surface area contributed by atoms with Crippen molar-refractivity contribution in [2.24, 2.45) is 0 Å². The van der Waals surface area contributed by atoms with Crippen molar-refractivity contribution < 1.29 is 24.6 Å². The van der Waals surface area contributed by atoms with E-state index in [2.05, 4.69) is 5.16 Å². The number of aromatic nitrogens is 1. The first-order valence-corrected chi connectivity index (χ1v) is 4.72. The fourth-order valence-corrected chi connectivity index (χ4v) is 1.38. The average molecular weight is 235 g/mol. The number of aryl methyl sites for hydroxylation is 1. The van der Waals surface area contributed by atoms with E-state index in [0.29, 0.717) is 5.56 Å². The molecule has 0 radical (unpaired) electrons. The van der Waals surface area contributed by atoms with Crippen LogP contribution in [0.1, 0.15) is 16.1 Å². The van der Waals surface area contributed by atoms with Gasteiger partial charge < -0.3 is 19.8 Å². The van der Waals surface area contributed by atoms with Crippen LogP contribution in [0.25, 0.3) is 11.3 Å². The monoisotopic (exact) mass is 235 g/mol. The third-order valence-corrected chi connectivity index (χ3v) is 2.31. The summed E-state index contributed by atoms with van der Waals surface area (Å²) in [5, 5.41) is 31.2. The van der Waals surface area contributed by atoms with Gasteiger partial charge in [0.25, 0.3) is 0 Å². The van der Waals surface area contributed by atoms with Gasteiger partial charge in [0, 0.05) is 6.07 Å². The molecule has 1 aromatic carbocycles. The molecule has 0 aliphatic carbocycles. The predicted octanol–water partition coefficient (Wildman–Crippen LogP) is 1.76. The van der Waals surface area contributed by atoms with Gasteiger partial charge in [0.1, 0.15) is 11.5 Å². The zero-order valence-corrected chi connectivity index (χ0v) is 8.84. The van der Waals surface area contributed by atoms with Crippen LogP contribution < -0.4 is 0 Å². The van der Waals surface area contributed by atoms with Crippen LogP contribution in [0, 0.1) is 6.92 Å². The molecule has 3 N–H and O–H groups in total. The molecule has 2 rings (SSSR count). The molecule has 6 nitrogen and oxygen atoms in total. The Morgan fingerprint density at radius 1 is 1.24 bits per heavy atom. The Morgan fingerprint density at radius 3 is 2.53 bits per heavy atom. The van der Waals surface area contributed by atoms with Crippen LogP contribution in [-0.4, -0.2) is 26.4 Å². The summed E-state index contributed by atoms with van der Waals surface area (Å²) in [6.07, 6.45) is 0. The quantitative estimate of drug-likeness (QED) is 0.685. The lowest BCUT2D eigenvalue weighted by Gasteiger charge is -2.03. The molecule has 1 aromatic heterocycles. The van der Waals surface area contributed by atoms with E-state index in [1.807, 2.05) is 0 Å². The van der Waals surface area contributed by atoms with Crippen LogP contribution in [0.15, 0.2) is 22.7 Å². The van der Waals surface area contributed by atoms with Crippen molar-refractivity contribution in [2.45, 2.75) is 6.92 Å². The van der Waals surface area contributed by atoms with Gasteiger partial charge >= 0.3 is 5.97 Å². The third kappa shape index (κ3) is 1.92. The minimum atomic E-state index is -1.23. The molecule has 2 aromatic rings. The number of benzene rings is 1. The summed E-state index contributed by atoms with van der Waals surface area (Å²) in [7, 11) is 0. The van der Waals surface area contributed by atoms with Crippen molar-refractivity contribution in [3.63, 3.8) is 0 Å². The number of carbonyl (C=O) groups is 1. The number of hydrogen-bond donors (Lipinski definition) is 3. The molecule has 0 spiro atoms. The molecule has 0 amide bonds. The Hall–Kier alpha value is -2.50. The second kappa shape index (κ2) is 3.82. The average Bonchev–Trinajstić information content (AvgIpc) is 2.72. The highest BCUT2D eigenvalue weighted by atomic mass is 16.5. The third-order valence-electron chi connectivity index (χ3n) is 2.31. The van der Waals surface area contributed by atoms with E-state index in [-0.39, 0.29) is 28.5 Å². The van der Waals surface area contributed by atoms with Crippen molar-refractivity contribution in [1.29, 1.82) is 0 Å². The molecule has 1 heterocycles. The first-order chi connectivity index (χ1) is 7.99. The van der Waals surface area contributed by atoms with Crippen molar-refractivity contribution >= 4 is 5.97 Å². The predicted molar refractivity (Wildman–Crippen MR) is 57.0 cm³/mol. The topological polar surface area (TPSA) is 104 Å². The summed E-state index contributed by atoms with van der Waals surface area (Å²) in [5.41, 5.74) is 0.428. The van der Waals surface area contributed by atoms with Crippen molar-refractivity contribution in [1.82, 2.24) is 5.16 Å². The van der Waals surface area contributed by atoms with Crippen molar-refractivity contribution in [3.8, 4) is 22.8 Å². The molecule has 0 fully saturated rings. The number of aromatic carboxylic acids is 1. The summed E-state index contributed by atoms with van der Waals surface area (Å²) < 4.78 is 4.79. The highest BCUT2D eigenvalue weighted by molar-refractivity contribution is 5.86. The fraction of sp³-hybridized carbons (Fsp3) is 0.0909. The van der Waals surface area contributed by atoms with E-state index in [9.17, 15) is 15.0 Å². The molecule has 88 valence electrons. The molecule has 0 unspecified atom stereocenters. The maximum absolute atomic E-state index is 10.6. The maximum Gasteiger partial charge on any atom is 0.358 e. The summed E-state index contributed by atoms with van der Waals surface area (Å²) in [6.45, 7) is 1.63. The SMILES string of the molecule is Cc1cc(O)c(-c2cc(C(=O)O)no2)cc1O. The second-order valence-corrected chi connectivity index (χ2v) is 3.54. The van der Waals surface area contributed by atoms with E-state index in [1.54, 1.807) is 6.92 Å². The second-order valence-electron chi connectivity index (χ2n) is 3.54. The molecule has 0 saturated heterocycles. The standard InChI is InChI=1S/C11H9NO5/c1-5-2-9(14)6(3-8(5)13)10-4-7(11(15)16)12-17-10/h2-4,13-14H,1H3,(H,15,16). The smallest absolute Gasteiger partial charge is 0.358 e. The minimum Gasteiger partial charge on any atom is -0.508 e. The summed E-state index contributed by atoms with van der Waals surface area (Å²) >= 11 is 0. The van der Waals surface area contributed by atoms with E-state index in [1.165, 1.54) is 18.2 Å². The lowest BCUT2D eigenvalue weighted by Crippen LogP contribution is -1.94.